The molecule has 2 N–H and O–H groups in total. The Morgan fingerprint density at radius 2 is 2.22 bits per heavy atom. The fourth-order valence-electron chi connectivity index (χ4n) is 1.53. The summed E-state index contributed by atoms with van der Waals surface area (Å²) < 4.78 is 5.96. The van der Waals surface area contributed by atoms with Gasteiger partial charge in [0, 0.05) is 21.5 Å². The molecule has 1 aromatic rings. The fraction of sp³-hybridized carbons (Fsp3) is 0.455. The van der Waals surface area contributed by atoms with Crippen molar-refractivity contribution in [3.8, 4) is 5.75 Å². The van der Waals surface area contributed by atoms with E-state index in [2.05, 4.69) is 26.0 Å². The monoisotopic (exact) mass is 315 g/mol. The number of nitrogens with zero attached hydrogens (tertiary/aromatic N) is 3. The zero-order chi connectivity index (χ0) is 13.5. The number of aliphatic hydroxyl groups excluding tert-OH is 2. The van der Waals surface area contributed by atoms with Gasteiger partial charge in [-0.3, -0.25) is 0 Å². The summed E-state index contributed by atoms with van der Waals surface area (Å²) in [7, 11) is 1.49. The molecule has 0 radical (unpaired) electrons. The van der Waals surface area contributed by atoms with Gasteiger partial charge in [-0.05, 0) is 24.1 Å². The Morgan fingerprint density at radius 3 is 2.83 bits per heavy atom. The van der Waals surface area contributed by atoms with E-state index in [4.69, 9.17) is 10.3 Å². The number of ether oxygens (including phenoxy) is 1. The van der Waals surface area contributed by atoms with Crippen molar-refractivity contribution in [2.45, 2.75) is 18.6 Å². The van der Waals surface area contributed by atoms with E-state index in [-0.39, 0.29) is 13.0 Å². The third-order valence-electron chi connectivity index (χ3n) is 2.47. The van der Waals surface area contributed by atoms with E-state index in [1.54, 1.807) is 18.2 Å². The first kappa shape index (κ1) is 14.8. The molecule has 7 heteroatoms. The summed E-state index contributed by atoms with van der Waals surface area (Å²) in [6.07, 6.45) is -1.91. The molecule has 6 nitrogen and oxygen atoms in total. The minimum Gasteiger partial charge on any atom is -0.496 e. The number of aliphatic hydroxyl groups is 2. The molecule has 18 heavy (non-hydrogen) atoms. The largest absolute Gasteiger partial charge is 0.496 e. The summed E-state index contributed by atoms with van der Waals surface area (Å²) in [5.41, 5.74) is 8.63. The SMILES string of the molecule is COc1cc(Br)ccc1C(O)C(O)CCN=[N+]=[N-]. The molecule has 0 saturated carbocycles. The Bertz CT molecular complexity index is 449. The van der Waals surface area contributed by atoms with Crippen LogP contribution in [0.25, 0.3) is 10.4 Å². The maximum absolute atomic E-state index is 10.0. The third-order valence-corrected chi connectivity index (χ3v) is 2.96. The van der Waals surface area contributed by atoms with Crippen LogP contribution in [0.1, 0.15) is 18.1 Å². The van der Waals surface area contributed by atoms with Crippen LogP contribution >= 0.6 is 15.9 Å². The lowest BCUT2D eigenvalue weighted by molar-refractivity contribution is 0.0137. The molecule has 0 aliphatic carbocycles. The van der Waals surface area contributed by atoms with Crippen LogP contribution in [0.3, 0.4) is 0 Å². The van der Waals surface area contributed by atoms with Gasteiger partial charge in [0.2, 0.25) is 0 Å². The van der Waals surface area contributed by atoms with Crippen LogP contribution in [-0.4, -0.2) is 30.0 Å². The predicted molar refractivity (Wildman–Crippen MR) is 70.3 cm³/mol. The van der Waals surface area contributed by atoms with Crippen LogP contribution in [0.2, 0.25) is 0 Å². The van der Waals surface area contributed by atoms with Crippen LogP contribution in [-0.2, 0) is 0 Å². The normalized spacial score (nSPS) is 13.6. The van der Waals surface area contributed by atoms with E-state index in [1.807, 2.05) is 0 Å². The van der Waals surface area contributed by atoms with Crippen molar-refractivity contribution < 1.29 is 14.9 Å². The van der Waals surface area contributed by atoms with E-state index in [0.717, 1.165) is 4.47 Å². The number of benzene rings is 1. The van der Waals surface area contributed by atoms with Crippen molar-refractivity contribution in [3.05, 3.63) is 38.7 Å². The second-order valence-corrected chi connectivity index (χ2v) is 4.56. The summed E-state index contributed by atoms with van der Waals surface area (Å²) >= 11 is 3.30. The molecule has 0 aromatic heterocycles. The fourth-order valence-corrected chi connectivity index (χ4v) is 1.87. The highest BCUT2D eigenvalue weighted by molar-refractivity contribution is 9.10. The number of rotatable bonds is 6. The van der Waals surface area contributed by atoms with Gasteiger partial charge in [-0.2, -0.15) is 0 Å². The van der Waals surface area contributed by atoms with Gasteiger partial charge >= 0.3 is 0 Å². The molecular formula is C11H14BrN3O3. The number of azide groups is 1. The lowest BCUT2D eigenvalue weighted by Gasteiger charge is -2.19. The summed E-state index contributed by atoms with van der Waals surface area (Å²) in [6.45, 7) is 0.133. The van der Waals surface area contributed by atoms with E-state index < -0.39 is 12.2 Å². The van der Waals surface area contributed by atoms with E-state index in [0.29, 0.717) is 11.3 Å². The minimum atomic E-state index is -1.08. The topological polar surface area (TPSA) is 98.5 Å². The first-order chi connectivity index (χ1) is 8.60. The van der Waals surface area contributed by atoms with Gasteiger partial charge in [-0.25, -0.2) is 0 Å². The number of hydrogen-bond acceptors (Lipinski definition) is 4. The molecule has 1 rings (SSSR count). The summed E-state index contributed by atoms with van der Waals surface area (Å²) in [4.78, 5) is 2.59. The predicted octanol–water partition coefficient (Wildman–Crippen LogP) is 2.55. The number of halogens is 1. The Kier molecular flexibility index (Phi) is 5.94. The highest BCUT2D eigenvalue weighted by Crippen LogP contribution is 2.30. The van der Waals surface area contributed by atoms with Gasteiger partial charge in [-0.15, -0.1) is 0 Å². The van der Waals surface area contributed by atoms with E-state index >= 15 is 0 Å². The number of hydrogen-bond donors (Lipinski definition) is 2. The zero-order valence-corrected chi connectivity index (χ0v) is 11.4. The molecule has 0 spiro atoms. The van der Waals surface area contributed by atoms with Crippen LogP contribution in [0, 0.1) is 0 Å². The van der Waals surface area contributed by atoms with Gasteiger partial charge in [0.25, 0.3) is 0 Å². The molecule has 2 unspecified atom stereocenters. The average molecular weight is 316 g/mol. The molecule has 0 aliphatic rings. The average Bonchev–Trinajstić information content (AvgIpc) is 2.37. The Labute approximate surface area is 113 Å². The summed E-state index contributed by atoms with van der Waals surface area (Å²) in [6, 6.07) is 5.13. The molecule has 0 amide bonds. The molecule has 0 saturated heterocycles. The molecule has 0 aliphatic heterocycles. The van der Waals surface area contributed by atoms with Crippen molar-refractivity contribution in [2.24, 2.45) is 5.11 Å². The molecular weight excluding hydrogens is 302 g/mol. The minimum absolute atomic E-state index is 0.133. The van der Waals surface area contributed by atoms with Crippen LogP contribution in [0.4, 0.5) is 0 Å². The quantitative estimate of drug-likeness (QED) is 0.479. The maximum Gasteiger partial charge on any atom is 0.125 e. The Balaban J connectivity index is 2.82. The second kappa shape index (κ2) is 7.23. The van der Waals surface area contributed by atoms with Gasteiger partial charge in [0.05, 0.1) is 13.2 Å². The van der Waals surface area contributed by atoms with E-state index in [9.17, 15) is 10.2 Å². The maximum atomic E-state index is 10.0. The summed E-state index contributed by atoms with van der Waals surface area (Å²) in [5.74, 6) is 0.486. The lowest BCUT2D eigenvalue weighted by Crippen LogP contribution is -2.19. The highest BCUT2D eigenvalue weighted by atomic mass is 79.9. The zero-order valence-electron chi connectivity index (χ0n) is 9.82. The molecule has 0 bridgehead atoms. The van der Waals surface area contributed by atoms with Crippen molar-refractivity contribution >= 4 is 15.9 Å². The molecule has 2 atom stereocenters. The van der Waals surface area contributed by atoms with Crippen LogP contribution in [0.5, 0.6) is 5.75 Å². The second-order valence-electron chi connectivity index (χ2n) is 3.64. The van der Waals surface area contributed by atoms with Crippen LogP contribution in [0.15, 0.2) is 27.8 Å². The van der Waals surface area contributed by atoms with Crippen molar-refractivity contribution in [3.63, 3.8) is 0 Å². The molecule has 1 aromatic carbocycles. The van der Waals surface area contributed by atoms with Gasteiger partial charge in [0.1, 0.15) is 11.9 Å². The van der Waals surface area contributed by atoms with Gasteiger partial charge in [0.15, 0.2) is 0 Å². The van der Waals surface area contributed by atoms with Gasteiger partial charge < -0.3 is 14.9 Å². The molecule has 98 valence electrons. The third kappa shape index (κ3) is 3.89. The number of methoxy groups -OCH3 is 1. The highest BCUT2D eigenvalue weighted by Gasteiger charge is 2.21. The first-order valence-corrected chi connectivity index (χ1v) is 6.10. The van der Waals surface area contributed by atoms with Crippen molar-refractivity contribution in [1.29, 1.82) is 0 Å². The first-order valence-electron chi connectivity index (χ1n) is 5.30. The Morgan fingerprint density at radius 1 is 1.50 bits per heavy atom. The van der Waals surface area contributed by atoms with Crippen molar-refractivity contribution in [1.82, 2.24) is 0 Å². The standard InChI is InChI=1S/C11H14BrN3O3/c1-18-10-6-7(12)2-3-8(10)11(17)9(16)4-5-14-15-13/h2-3,6,9,11,16-17H,4-5H2,1H3. The lowest BCUT2D eigenvalue weighted by atomic mass is 10.0. The Hall–Kier alpha value is -1.27. The smallest absolute Gasteiger partial charge is 0.125 e. The van der Waals surface area contributed by atoms with Crippen LogP contribution < -0.4 is 4.74 Å². The van der Waals surface area contributed by atoms with Gasteiger partial charge in [-0.1, -0.05) is 27.1 Å². The van der Waals surface area contributed by atoms with E-state index in [1.165, 1.54) is 7.11 Å². The molecule has 0 heterocycles. The summed E-state index contributed by atoms with van der Waals surface area (Å²) in [5, 5.41) is 23.1. The van der Waals surface area contributed by atoms with Crippen molar-refractivity contribution in [2.75, 3.05) is 13.7 Å². The molecule has 0 fully saturated rings.